The third-order valence-corrected chi connectivity index (χ3v) is 6.47. The van der Waals surface area contributed by atoms with Gasteiger partial charge < -0.3 is 15.6 Å². The molecule has 0 radical (unpaired) electrons. The van der Waals surface area contributed by atoms with Gasteiger partial charge in [-0.15, -0.1) is 0 Å². The SMILES string of the molecule is NC1CN(c2cncc(-c3cc4c(-c5nc6c(-c7ccccc7F)cccc6[nH]5)n[nH]c4cn3)n2)C1. The summed E-state index contributed by atoms with van der Waals surface area (Å²) in [6, 6.07) is 14.5. The zero-order chi connectivity index (χ0) is 24.2. The zero-order valence-electron chi connectivity index (χ0n) is 19.0. The van der Waals surface area contributed by atoms with Crippen molar-refractivity contribution < 1.29 is 4.39 Å². The number of imidazole rings is 1. The summed E-state index contributed by atoms with van der Waals surface area (Å²) >= 11 is 0. The number of aromatic nitrogens is 7. The first-order valence-corrected chi connectivity index (χ1v) is 11.5. The number of halogens is 1. The topological polar surface area (TPSA) is 125 Å². The molecule has 1 fully saturated rings. The Bertz CT molecular complexity index is 1750. The minimum absolute atomic E-state index is 0.168. The van der Waals surface area contributed by atoms with Crippen LogP contribution in [0.25, 0.3) is 56.0 Å². The Balaban J connectivity index is 1.32. The molecule has 0 atom stereocenters. The first-order chi connectivity index (χ1) is 17.6. The Labute approximate surface area is 204 Å². The maximum atomic E-state index is 14.5. The van der Waals surface area contributed by atoms with Gasteiger partial charge in [-0.05, 0) is 18.2 Å². The predicted octanol–water partition coefficient (Wildman–Crippen LogP) is 3.91. The highest BCUT2D eigenvalue weighted by molar-refractivity contribution is 5.97. The molecular weight excluding hydrogens is 457 g/mol. The van der Waals surface area contributed by atoms with Gasteiger partial charge in [-0.1, -0.05) is 30.3 Å². The van der Waals surface area contributed by atoms with Gasteiger partial charge in [-0.25, -0.2) is 14.4 Å². The van der Waals surface area contributed by atoms with E-state index in [1.165, 1.54) is 6.07 Å². The molecule has 9 nitrogen and oxygen atoms in total. The first-order valence-electron chi connectivity index (χ1n) is 11.5. The number of nitrogens with two attached hydrogens (primary N) is 1. The molecular formula is C26H20FN9. The lowest BCUT2D eigenvalue weighted by Crippen LogP contribution is -2.56. The quantitative estimate of drug-likeness (QED) is 0.351. The van der Waals surface area contributed by atoms with Gasteiger partial charge in [0, 0.05) is 35.6 Å². The second-order valence-electron chi connectivity index (χ2n) is 8.88. The molecule has 0 aliphatic carbocycles. The molecule has 0 spiro atoms. The number of anilines is 1. The maximum Gasteiger partial charge on any atom is 0.159 e. The number of benzene rings is 2. The van der Waals surface area contributed by atoms with Gasteiger partial charge in [0.1, 0.15) is 23.0 Å². The number of nitrogens with one attached hydrogen (secondary N) is 2. The molecule has 2 aromatic carbocycles. The number of para-hydroxylation sites is 1. The van der Waals surface area contributed by atoms with Crippen LogP contribution in [0.1, 0.15) is 0 Å². The van der Waals surface area contributed by atoms with Gasteiger partial charge in [-0.2, -0.15) is 5.10 Å². The van der Waals surface area contributed by atoms with Crippen LogP contribution in [0.15, 0.2) is 67.1 Å². The standard InChI is InChI=1S/C26H20FN9/c27-18-6-2-1-4-15(18)16-5-3-7-19-24(16)33-26(32-19)25-17-8-20(30-10-21(17)34-35-25)22-9-29-11-23(31-22)36-12-14(28)13-36/h1-11,14H,12-13,28H2,(H,32,33)(H,34,35). The van der Waals surface area contributed by atoms with E-state index in [1.54, 1.807) is 30.7 Å². The van der Waals surface area contributed by atoms with Crippen molar-refractivity contribution in [1.82, 2.24) is 35.1 Å². The monoisotopic (exact) mass is 477 g/mol. The fraction of sp³-hybridized carbons (Fsp3) is 0.115. The summed E-state index contributed by atoms with van der Waals surface area (Å²) in [7, 11) is 0. The van der Waals surface area contributed by atoms with Gasteiger partial charge in [0.2, 0.25) is 0 Å². The number of H-pyrrole nitrogens is 2. The van der Waals surface area contributed by atoms with Crippen LogP contribution in [0.5, 0.6) is 0 Å². The second-order valence-corrected chi connectivity index (χ2v) is 8.88. The smallest absolute Gasteiger partial charge is 0.159 e. The molecule has 176 valence electrons. The Kier molecular flexibility index (Phi) is 4.55. The summed E-state index contributed by atoms with van der Waals surface area (Å²) < 4.78 is 14.5. The van der Waals surface area contributed by atoms with E-state index in [0.29, 0.717) is 39.5 Å². The van der Waals surface area contributed by atoms with Crippen molar-refractivity contribution in [3.05, 3.63) is 72.9 Å². The first kappa shape index (κ1) is 20.7. The Morgan fingerprint density at radius 2 is 1.78 bits per heavy atom. The van der Waals surface area contributed by atoms with Crippen LogP contribution in [-0.2, 0) is 0 Å². The average Bonchev–Trinajstić information content (AvgIpc) is 3.51. The van der Waals surface area contributed by atoms with Crippen LogP contribution in [0.3, 0.4) is 0 Å². The molecule has 1 aliphatic heterocycles. The molecule has 7 rings (SSSR count). The predicted molar refractivity (Wildman–Crippen MR) is 136 cm³/mol. The van der Waals surface area contributed by atoms with E-state index in [4.69, 9.17) is 15.7 Å². The lowest BCUT2D eigenvalue weighted by molar-refractivity contribution is 0.514. The van der Waals surface area contributed by atoms with Crippen molar-refractivity contribution in [1.29, 1.82) is 0 Å². The van der Waals surface area contributed by atoms with E-state index < -0.39 is 0 Å². The van der Waals surface area contributed by atoms with Crippen molar-refractivity contribution in [2.24, 2.45) is 5.73 Å². The lowest BCUT2D eigenvalue weighted by atomic mass is 10.0. The number of hydrogen-bond acceptors (Lipinski definition) is 7. The number of pyridine rings is 1. The molecule has 0 unspecified atom stereocenters. The van der Waals surface area contributed by atoms with Crippen molar-refractivity contribution in [3.63, 3.8) is 0 Å². The molecule has 36 heavy (non-hydrogen) atoms. The van der Waals surface area contributed by atoms with Gasteiger partial charge in [-0.3, -0.25) is 15.1 Å². The molecule has 6 aromatic rings. The maximum absolute atomic E-state index is 14.5. The molecule has 5 heterocycles. The fourth-order valence-electron chi connectivity index (χ4n) is 4.61. The molecule has 1 aliphatic rings. The van der Waals surface area contributed by atoms with E-state index in [9.17, 15) is 4.39 Å². The van der Waals surface area contributed by atoms with Gasteiger partial charge in [0.15, 0.2) is 5.82 Å². The van der Waals surface area contributed by atoms with Gasteiger partial charge >= 0.3 is 0 Å². The Morgan fingerprint density at radius 1 is 0.917 bits per heavy atom. The number of nitrogens with zero attached hydrogens (tertiary/aromatic N) is 6. The largest absolute Gasteiger partial charge is 0.352 e. The normalized spacial score (nSPS) is 14.0. The summed E-state index contributed by atoms with van der Waals surface area (Å²) in [6.07, 6.45) is 5.15. The average molecular weight is 478 g/mol. The summed E-state index contributed by atoms with van der Waals surface area (Å²) in [5.74, 6) is 1.06. The molecule has 4 N–H and O–H groups in total. The van der Waals surface area contributed by atoms with Crippen molar-refractivity contribution in [2.45, 2.75) is 6.04 Å². The molecule has 0 amide bonds. The molecule has 4 aromatic heterocycles. The van der Waals surface area contributed by atoms with E-state index in [-0.39, 0.29) is 11.9 Å². The second kappa shape index (κ2) is 7.92. The number of rotatable bonds is 4. The van der Waals surface area contributed by atoms with Crippen LogP contribution < -0.4 is 10.6 Å². The molecule has 0 saturated carbocycles. The summed E-state index contributed by atoms with van der Waals surface area (Å²) in [5.41, 5.74) is 11.3. The fourth-order valence-corrected chi connectivity index (χ4v) is 4.61. The van der Waals surface area contributed by atoms with E-state index >= 15 is 0 Å². The molecule has 10 heteroatoms. The van der Waals surface area contributed by atoms with E-state index in [1.807, 2.05) is 30.3 Å². The number of hydrogen-bond donors (Lipinski definition) is 3. The molecule has 1 saturated heterocycles. The molecule has 0 bridgehead atoms. The number of aromatic amines is 2. The minimum atomic E-state index is -0.293. The Morgan fingerprint density at radius 3 is 2.64 bits per heavy atom. The van der Waals surface area contributed by atoms with Crippen molar-refractivity contribution in [2.75, 3.05) is 18.0 Å². The third-order valence-electron chi connectivity index (χ3n) is 6.47. The van der Waals surface area contributed by atoms with Crippen molar-refractivity contribution in [3.8, 4) is 34.0 Å². The third kappa shape index (κ3) is 3.30. The highest BCUT2D eigenvalue weighted by Gasteiger charge is 2.25. The van der Waals surface area contributed by atoms with E-state index in [0.717, 1.165) is 35.3 Å². The number of fused-ring (bicyclic) bond motifs is 2. The van der Waals surface area contributed by atoms with E-state index in [2.05, 4.69) is 30.0 Å². The highest BCUT2D eigenvalue weighted by Crippen LogP contribution is 2.33. The van der Waals surface area contributed by atoms with Crippen LogP contribution in [-0.4, -0.2) is 54.2 Å². The Hall–Kier alpha value is -4.70. The van der Waals surface area contributed by atoms with Crippen LogP contribution in [0.2, 0.25) is 0 Å². The van der Waals surface area contributed by atoms with Gasteiger partial charge in [0.05, 0.1) is 40.8 Å². The van der Waals surface area contributed by atoms with Crippen LogP contribution >= 0.6 is 0 Å². The van der Waals surface area contributed by atoms with Crippen LogP contribution in [0, 0.1) is 5.82 Å². The summed E-state index contributed by atoms with van der Waals surface area (Å²) in [6.45, 7) is 1.52. The minimum Gasteiger partial charge on any atom is -0.352 e. The summed E-state index contributed by atoms with van der Waals surface area (Å²) in [4.78, 5) is 23.9. The van der Waals surface area contributed by atoms with Gasteiger partial charge in [0.25, 0.3) is 0 Å². The van der Waals surface area contributed by atoms with Crippen molar-refractivity contribution >= 4 is 27.8 Å². The lowest BCUT2D eigenvalue weighted by Gasteiger charge is -2.37. The highest BCUT2D eigenvalue weighted by atomic mass is 19.1. The van der Waals surface area contributed by atoms with Crippen LogP contribution in [0.4, 0.5) is 10.2 Å². The summed E-state index contributed by atoms with van der Waals surface area (Å²) in [5, 5.41) is 8.37. The zero-order valence-corrected chi connectivity index (χ0v) is 19.0.